The molecule has 0 atom stereocenters. The average molecular weight is 214 g/mol. The summed E-state index contributed by atoms with van der Waals surface area (Å²) < 4.78 is 0. The Hall–Kier alpha value is -1.08. The third kappa shape index (κ3) is 1.26. The Kier molecular flexibility index (Phi) is 1.96. The standard InChI is InChI=1S/C14H14S/c1-9-10(2)15-13-8-7-11-5-3-4-6-12(11)14(9)13/h3-6H,7-8H2,1-2H3. The van der Waals surface area contributed by atoms with Crippen molar-refractivity contribution in [2.45, 2.75) is 26.7 Å². The Morgan fingerprint density at radius 2 is 1.87 bits per heavy atom. The molecule has 1 aliphatic carbocycles. The molecule has 3 rings (SSSR count). The maximum Gasteiger partial charge on any atom is 0.0133 e. The van der Waals surface area contributed by atoms with Crippen molar-refractivity contribution in [3.05, 3.63) is 45.1 Å². The van der Waals surface area contributed by atoms with Gasteiger partial charge in [0, 0.05) is 9.75 Å². The van der Waals surface area contributed by atoms with Gasteiger partial charge >= 0.3 is 0 Å². The number of benzene rings is 1. The van der Waals surface area contributed by atoms with E-state index in [1.807, 2.05) is 11.3 Å². The number of aryl methyl sites for hydroxylation is 3. The Balaban J connectivity index is 2.33. The summed E-state index contributed by atoms with van der Waals surface area (Å²) in [6.45, 7) is 4.49. The Bertz CT molecular complexity index is 520. The molecule has 1 heterocycles. The quantitative estimate of drug-likeness (QED) is 0.618. The van der Waals surface area contributed by atoms with Gasteiger partial charge in [-0.05, 0) is 48.9 Å². The molecular weight excluding hydrogens is 200 g/mol. The molecule has 0 amide bonds. The minimum atomic E-state index is 1.21. The second-order valence-electron chi connectivity index (χ2n) is 4.24. The zero-order chi connectivity index (χ0) is 10.4. The summed E-state index contributed by atoms with van der Waals surface area (Å²) in [6.07, 6.45) is 2.44. The molecule has 0 aliphatic heterocycles. The number of fused-ring (bicyclic) bond motifs is 3. The van der Waals surface area contributed by atoms with Crippen LogP contribution in [0, 0.1) is 13.8 Å². The molecule has 0 saturated heterocycles. The van der Waals surface area contributed by atoms with Crippen LogP contribution in [0.2, 0.25) is 0 Å². The first kappa shape index (κ1) is 9.17. The maximum atomic E-state index is 2.27. The van der Waals surface area contributed by atoms with Crippen molar-refractivity contribution in [2.75, 3.05) is 0 Å². The molecule has 1 aromatic heterocycles. The molecule has 0 fully saturated rings. The Morgan fingerprint density at radius 3 is 2.73 bits per heavy atom. The molecule has 1 aromatic carbocycles. The van der Waals surface area contributed by atoms with Gasteiger partial charge in [-0.2, -0.15) is 0 Å². The molecule has 15 heavy (non-hydrogen) atoms. The van der Waals surface area contributed by atoms with Crippen LogP contribution in [0.5, 0.6) is 0 Å². The van der Waals surface area contributed by atoms with Crippen LogP contribution in [-0.4, -0.2) is 0 Å². The molecule has 2 aromatic rings. The summed E-state index contributed by atoms with van der Waals surface area (Å²) in [5.74, 6) is 0. The molecule has 0 saturated carbocycles. The van der Waals surface area contributed by atoms with Gasteiger partial charge in [-0.1, -0.05) is 24.3 Å². The van der Waals surface area contributed by atoms with Gasteiger partial charge in [0.15, 0.2) is 0 Å². The normalized spacial score (nSPS) is 13.5. The van der Waals surface area contributed by atoms with E-state index in [0.717, 1.165) is 0 Å². The average Bonchev–Trinajstić information content (AvgIpc) is 2.55. The van der Waals surface area contributed by atoms with Crippen molar-refractivity contribution in [3.63, 3.8) is 0 Å². The first-order valence-corrected chi connectivity index (χ1v) is 6.26. The summed E-state index contributed by atoms with van der Waals surface area (Å²) in [4.78, 5) is 3.07. The molecule has 1 aliphatic rings. The van der Waals surface area contributed by atoms with Gasteiger partial charge in [0.25, 0.3) is 0 Å². The van der Waals surface area contributed by atoms with Crippen LogP contribution < -0.4 is 0 Å². The molecule has 0 nitrogen and oxygen atoms in total. The molecule has 0 bridgehead atoms. The largest absolute Gasteiger partial charge is 0.145 e. The van der Waals surface area contributed by atoms with Crippen molar-refractivity contribution >= 4 is 11.3 Å². The molecule has 0 radical (unpaired) electrons. The molecule has 0 unspecified atom stereocenters. The first-order chi connectivity index (χ1) is 7.27. The van der Waals surface area contributed by atoms with E-state index in [0.29, 0.717) is 0 Å². The van der Waals surface area contributed by atoms with Crippen LogP contribution in [0.4, 0.5) is 0 Å². The van der Waals surface area contributed by atoms with Crippen LogP contribution >= 0.6 is 11.3 Å². The highest BCUT2D eigenvalue weighted by Gasteiger charge is 2.20. The van der Waals surface area contributed by atoms with Crippen LogP contribution in [-0.2, 0) is 12.8 Å². The van der Waals surface area contributed by atoms with Gasteiger partial charge in [-0.25, -0.2) is 0 Å². The lowest BCUT2D eigenvalue weighted by atomic mass is 9.88. The highest BCUT2D eigenvalue weighted by Crippen LogP contribution is 2.41. The zero-order valence-electron chi connectivity index (χ0n) is 9.13. The van der Waals surface area contributed by atoms with Crippen LogP contribution in [0.3, 0.4) is 0 Å². The number of thiophene rings is 1. The highest BCUT2D eigenvalue weighted by molar-refractivity contribution is 7.12. The van der Waals surface area contributed by atoms with Crippen molar-refractivity contribution in [1.29, 1.82) is 0 Å². The fourth-order valence-corrected chi connectivity index (χ4v) is 3.65. The summed E-state index contributed by atoms with van der Waals surface area (Å²) in [6, 6.07) is 8.84. The molecule has 1 heteroatoms. The van der Waals surface area contributed by atoms with Gasteiger partial charge in [-0.15, -0.1) is 11.3 Å². The van der Waals surface area contributed by atoms with Crippen molar-refractivity contribution < 1.29 is 0 Å². The first-order valence-electron chi connectivity index (χ1n) is 5.44. The van der Waals surface area contributed by atoms with E-state index in [1.54, 1.807) is 4.88 Å². The summed E-state index contributed by atoms with van der Waals surface area (Å²) in [5.41, 5.74) is 6.01. The fraction of sp³-hybridized carbons (Fsp3) is 0.286. The van der Waals surface area contributed by atoms with E-state index in [1.165, 1.54) is 40.0 Å². The van der Waals surface area contributed by atoms with E-state index in [9.17, 15) is 0 Å². The van der Waals surface area contributed by atoms with Crippen LogP contribution in [0.15, 0.2) is 24.3 Å². The second kappa shape index (κ2) is 3.21. The van der Waals surface area contributed by atoms with Crippen LogP contribution in [0.1, 0.15) is 20.9 Å². The Morgan fingerprint density at radius 1 is 1.07 bits per heavy atom. The predicted octanol–water partition coefficient (Wildman–Crippen LogP) is 4.13. The van der Waals surface area contributed by atoms with Gasteiger partial charge in [-0.3, -0.25) is 0 Å². The minimum absolute atomic E-state index is 1.21. The number of hydrogen-bond donors (Lipinski definition) is 0. The van der Waals surface area contributed by atoms with Gasteiger partial charge in [0.2, 0.25) is 0 Å². The lowest BCUT2D eigenvalue weighted by Gasteiger charge is -2.16. The summed E-state index contributed by atoms with van der Waals surface area (Å²) in [5, 5.41) is 0. The monoisotopic (exact) mass is 214 g/mol. The molecular formula is C14H14S. The number of rotatable bonds is 0. The van der Waals surface area contributed by atoms with Crippen molar-refractivity contribution in [1.82, 2.24) is 0 Å². The summed E-state index contributed by atoms with van der Waals surface area (Å²) in [7, 11) is 0. The minimum Gasteiger partial charge on any atom is -0.145 e. The maximum absolute atomic E-state index is 2.27. The highest BCUT2D eigenvalue weighted by atomic mass is 32.1. The lowest BCUT2D eigenvalue weighted by molar-refractivity contribution is 0.962. The van der Waals surface area contributed by atoms with Crippen LogP contribution in [0.25, 0.3) is 11.1 Å². The van der Waals surface area contributed by atoms with Gasteiger partial charge in [0.05, 0.1) is 0 Å². The summed E-state index contributed by atoms with van der Waals surface area (Å²) >= 11 is 1.98. The van der Waals surface area contributed by atoms with Crippen molar-refractivity contribution in [2.24, 2.45) is 0 Å². The van der Waals surface area contributed by atoms with E-state index in [-0.39, 0.29) is 0 Å². The third-order valence-corrected chi connectivity index (χ3v) is 4.63. The zero-order valence-corrected chi connectivity index (χ0v) is 9.95. The molecule has 0 spiro atoms. The van der Waals surface area contributed by atoms with Gasteiger partial charge < -0.3 is 0 Å². The van der Waals surface area contributed by atoms with E-state index in [2.05, 4.69) is 38.1 Å². The smallest absolute Gasteiger partial charge is 0.0133 e. The van der Waals surface area contributed by atoms with Crippen molar-refractivity contribution in [3.8, 4) is 11.1 Å². The third-order valence-electron chi connectivity index (χ3n) is 3.37. The second-order valence-corrected chi connectivity index (χ2v) is 5.55. The SMILES string of the molecule is Cc1sc2c(c1C)-c1ccccc1CC2. The van der Waals surface area contributed by atoms with E-state index in [4.69, 9.17) is 0 Å². The molecule has 0 N–H and O–H groups in total. The fourth-order valence-electron chi connectivity index (χ4n) is 2.46. The molecule has 76 valence electrons. The lowest BCUT2D eigenvalue weighted by Crippen LogP contribution is -2.01. The van der Waals surface area contributed by atoms with E-state index < -0.39 is 0 Å². The topological polar surface area (TPSA) is 0 Å². The Labute approximate surface area is 94.6 Å². The van der Waals surface area contributed by atoms with Gasteiger partial charge in [0.1, 0.15) is 0 Å². The van der Waals surface area contributed by atoms with E-state index >= 15 is 0 Å². The number of hydrogen-bond acceptors (Lipinski definition) is 1. The predicted molar refractivity (Wildman–Crippen MR) is 66.6 cm³/mol.